The number of anilines is 1. The van der Waals surface area contributed by atoms with Crippen LogP contribution in [-0.2, 0) is 9.59 Å². The SMILES string of the molecule is CC1=C(C)C[C@H]2C(=O)N(c3cccc(O)c3)C(=O)[C@@H]2C1. The minimum absolute atomic E-state index is 0.0588. The lowest BCUT2D eigenvalue weighted by atomic mass is 9.78. The van der Waals surface area contributed by atoms with E-state index in [0.29, 0.717) is 18.5 Å². The molecule has 0 saturated carbocycles. The Morgan fingerprint density at radius 2 is 1.60 bits per heavy atom. The van der Waals surface area contributed by atoms with Crippen LogP contribution in [0.25, 0.3) is 0 Å². The fourth-order valence-electron chi connectivity index (χ4n) is 3.14. The topological polar surface area (TPSA) is 57.6 Å². The fraction of sp³-hybridized carbons (Fsp3) is 0.375. The van der Waals surface area contributed by atoms with Gasteiger partial charge in [-0.1, -0.05) is 17.2 Å². The summed E-state index contributed by atoms with van der Waals surface area (Å²) in [4.78, 5) is 26.3. The number of amides is 2. The van der Waals surface area contributed by atoms with Crippen molar-refractivity contribution in [2.24, 2.45) is 11.8 Å². The summed E-state index contributed by atoms with van der Waals surface area (Å²) < 4.78 is 0. The van der Waals surface area contributed by atoms with Crippen LogP contribution in [0.2, 0.25) is 0 Å². The molecule has 1 heterocycles. The number of phenols is 1. The summed E-state index contributed by atoms with van der Waals surface area (Å²) in [5.41, 5.74) is 2.89. The van der Waals surface area contributed by atoms with Crippen LogP contribution in [0, 0.1) is 11.8 Å². The van der Waals surface area contributed by atoms with E-state index in [2.05, 4.69) is 0 Å². The molecule has 0 spiro atoms. The summed E-state index contributed by atoms with van der Waals surface area (Å²) in [7, 11) is 0. The average Bonchev–Trinajstić information content (AvgIpc) is 2.63. The zero-order valence-electron chi connectivity index (χ0n) is 11.6. The predicted molar refractivity (Wildman–Crippen MR) is 75.2 cm³/mol. The molecule has 1 fully saturated rings. The molecule has 0 bridgehead atoms. The highest BCUT2D eigenvalue weighted by molar-refractivity contribution is 6.22. The first-order valence-corrected chi connectivity index (χ1v) is 6.81. The van der Waals surface area contributed by atoms with Gasteiger partial charge in [-0.2, -0.15) is 0 Å². The molecule has 1 aromatic rings. The number of carbonyl (C=O) groups is 2. The smallest absolute Gasteiger partial charge is 0.238 e. The number of hydrogen-bond donors (Lipinski definition) is 1. The standard InChI is InChI=1S/C16H17NO3/c1-9-6-13-14(7-10(9)2)16(20)17(15(13)19)11-4-3-5-12(18)8-11/h3-5,8,13-14,18H,6-7H2,1-2H3/t13-,14-/m1/s1. The predicted octanol–water partition coefficient (Wildman–Crippen LogP) is 2.63. The van der Waals surface area contributed by atoms with Gasteiger partial charge in [-0.25, -0.2) is 4.90 Å². The second-order valence-electron chi connectivity index (χ2n) is 5.71. The van der Waals surface area contributed by atoms with Gasteiger partial charge in [-0.15, -0.1) is 0 Å². The third-order valence-corrected chi connectivity index (χ3v) is 4.43. The van der Waals surface area contributed by atoms with Crippen LogP contribution >= 0.6 is 0 Å². The summed E-state index contributed by atoms with van der Waals surface area (Å²) >= 11 is 0. The van der Waals surface area contributed by atoms with E-state index in [4.69, 9.17) is 0 Å². The lowest BCUT2D eigenvalue weighted by molar-refractivity contribution is -0.122. The first kappa shape index (κ1) is 12.9. The van der Waals surface area contributed by atoms with E-state index in [1.165, 1.54) is 28.2 Å². The lowest BCUT2D eigenvalue weighted by Crippen LogP contribution is -2.30. The second kappa shape index (κ2) is 4.47. The Kier molecular flexibility index (Phi) is 2.89. The van der Waals surface area contributed by atoms with Gasteiger partial charge in [0.15, 0.2) is 0 Å². The van der Waals surface area contributed by atoms with Crippen LogP contribution in [0.15, 0.2) is 35.4 Å². The number of imide groups is 1. The summed E-state index contributed by atoms with van der Waals surface area (Å²) in [6.07, 6.45) is 1.33. The molecule has 0 unspecified atom stereocenters. The quantitative estimate of drug-likeness (QED) is 0.631. The minimum Gasteiger partial charge on any atom is -0.508 e. The van der Waals surface area contributed by atoms with Crippen LogP contribution in [0.3, 0.4) is 0 Å². The summed E-state index contributed by atoms with van der Waals surface area (Å²) in [6, 6.07) is 6.31. The molecule has 0 radical (unpaired) electrons. The van der Waals surface area contributed by atoms with Gasteiger partial charge < -0.3 is 5.11 Å². The van der Waals surface area contributed by atoms with Gasteiger partial charge in [0, 0.05) is 6.07 Å². The average molecular weight is 271 g/mol. The number of fused-ring (bicyclic) bond motifs is 1. The summed E-state index contributed by atoms with van der Waals surface area (Å²) in [5, 5.41) is 9.53. The van der Waals surface area contributed by atoms with Gasteiger partial charge in [0.25, 0.3) is 0 Å². The van der Waals surface area contributed by atoms with E-state index in [-0.39, 0.29) is 29.4 Å². The van der Waals surface area contributed by atoms with Crippen molar-refractivity contribution in [2.45, 2.75) is 26.7 Å². The van der Waals surface area contributed by atoms with Gasteiger partial charge in [0.1, 0.15) is 5.75 Å². The molecule has 1 saturated heterocycles. The zero-order valence-corrected chi connectivity index (χ0v) is 11.6. The highest BCUT2D eigenvalue weighted by Crippen LogP contribution is 2.42. The molecular weight excluding hydrogens is 254 g/mol. The summed E-state index contributed by atoms with van der Waals surface area (Å²) in [5.74, 6) is -0.708. The Bertz CT molecular complexity index is 600. The van der Waals surface area contributed by atoms with E-state index >= 15 is 0 Å². The normalized spacial score (nSPS) is 26.2. The van der Waals surface area contributed by atoms with Gasteiger partial charge >= 0.3 is 0 Å². The van der Waals surface area contributed by atoms with Gasteiger partial charge in [0.2, 0.25) is 11.8 Å². The molecule has 1 aliphatic heterocycles. The first-order chi connectivity index (χ1) is 9.49. The van der Waals surface area contributed by atoms with Gasteiger partial charge in [0.05, 0.1) is 17.5 Å². The highest BCUT2D eigenvalue weighted by atomic mass is 16.3. The molecule has 2 aliphatic rings. The number of phenolic OH excluding ortho intramolecular Hbond substituents is 1. The molecule has 3 rings (SSSR count). The number of aromatic hydroxyl groups is 1. The molecular formula is C16H17NO3. The van der Waals surface area contributed by atoms with Crippen molar-refractivity contribution >= 4 is 17.5 Å². The molecule has 1 N–H and O–H groups in total. The van der Waals surface area contributed by atoms with E-state index in [1.54, 1.807) is 12.1 Å². The molecule has 4 nitrogen and oxygen atoms in total. The van der Waals surface area contributed by atoms with Crippen molar-refractivity contribution in [2.75, 3.05) is 4.90 Å². The van der Waals surface area contributed by atoms with Crippen molar-refractivity contribution in [1.82, 2.24) is 0 Å². The number of nitrogens with zero attached hydrogens (tertiary/aromatic N) is 1. The number of carbonyl (C=O) groups excluding carboxylic acids is 2. The molecule has 2 atom stereocenters. The van der Waals surface area contributed by atoms with E-state index in [1.807, 2.05) is 13.8 Å². The Morgan fingerprint density at radius 1 is 1.05 bits per heavy atom. The van der Waals surface area contributed by atoms with Crippen LogP contribution in [0.4, 0.5) is 5.69 Å². The largest absolute Gasteiger partial charge is 0.508 e. The number of rotatable bonds is 1. The number of benzene rings is 1. The van der Waals surface area contributed by atoms with Gasteiger partial charge in [-0.05, 0) is 38.8 Å². The monoisotopic (exact) mass is 271 g/mol. The van der Waals surface area contributed by atoms with Crippen LogP contribution in [-0.4, -0.2) is 16.9 Å². The van der Waals surface area contributed by atoms with Crippen molar-refractivity contribution < 1.29 is 14.7 Å². The third-order valence-electron chi connectivity index (χ3n) is 4.43. The maximum atomic E-state index is 12.5. The Labute approximate surface area is 117 Å². The molecule has 1 aliphatic carbocycles. The fourth-order valence-corrected chi connectivity index (χ4v) is 3.14. The molecule has 2 amide bonds. The van der Waals surface area contributed by atoms with Crippen LogP contribution in [0.1, 0.15) is 26.7 Å². The van der Waals surface area contributed by atoms with E-state index in [9.17, 15) is 14.7 Å². The van der Waals surface area contributed by atoms with Crippen molar-refractivity contribution in [3.8, 4) is 5.75 Å². The second-order valence-corrected chi connectivity index (χ2v) is 5.71. The zero-order chi connectivity index (χ0) is 14.4. The maximum Gasteiger partial charge on any atom is 0.238 e. The number of allylic oxidation sites excluding steroid dienone is 2. The molecule has 0 aromatic heterocycles. The van der Waals surface area contributed by atoms with Crippen LogP contribution in [0.5, 0.6) is 5.75 Å². The Morgan fingerprint density at radius 3 is 2.10 bits per heavy atom. The molecule has 104 valence electrons. The van der Waals surface area contributed by atoms with Crippen LogP contribution < -0.4 is 4.90 Å². The first-order valence-electron chi connectivity index (χ1n) is 6.81. The van der Waals surface area contributed by atoms with Crippen molar-refractivity contribution in [3.05, 3.63) is 35.4 Å². The molecule has 4 heteroatoms. The van der Waals surface area contributed by atoms with Crippen molar-refractivity contribution in [1.29, 1.82) is 0 Å². The number of hydrogen-bond acceptors (Lipinski definition) is 3. The third kappa shape index (κ3) is 1.83. The van der Waals surface area contributed by atoms with E-state index in [0.717, 1.165) is 0 Å². The Balaban J connectivity index is 1.98. The Hall–Kier alpha value is -2.10. The van der Waals surface area contributed by atoms with Gasteiger partial charge in [-0.3, -0.25) is 9.59 Å². The minimum atomic E-state index is -0.242. The van der Waals surface area contributed by atoms with E-state index < -0.39 is 0 Å². The molecule has 1 aromatic carbocycles. The summed E-state index contributed by atoms with van der Waals surface area (Å²) in [6.45, 7) is 4.06. The lowest BCUT2D eigenvalue weighted by Gasteiger charge is -2.23. The molecule has 20 heavy (non-hydrogen) atoms. The maximum absolute atomic E-state index is 12.5. The van der Waals surface area contributed by atoms with Crippen molar-refractivity contribution in [3.63, 3.8) is 0 Å². The highest BCUT2D eigenvalue weighted by Gasteiger charge is 2.49.